The maximum Gasteiger partial charge on any atom is 0.255 e. The lowest BCUT2D eigenvalue weighted by atomic mass is 9.68. The van der Waals surface area contributed by atoms with Crippen LogP contribution in [0, 0.1) is 12.3 Å². The number of nitrogens with one attached hydrogen (secondary N) is 2. The molecule has 0 saturated carbocycles. The minimum Gasteiger partial charge on any atom is -0.493 e. The highest BCUT2D eigenvalue weighted by atomic mass is 16.5. The zero-order valence-corrected chi connectivity index (χ0v) is 21.9. The summed E-state index contributed by atoms with van der Waals surface area (Å²) in [5.41, 5.74) is 4.07. The van der Waals surface area contributed by atoms with Crippen molar-refractivity contribution in [2.24, 2.45) is 5.41 Å². The number of allylic oxidation sites excluding steroid dienone is 3. The molecule has 1 aliphatic heterocycles. The van der Waals surface area contributed by atoms with Gasteiger partial charge in [-0.1, -0.05) is 19.9 Å². The molecular weight excluding hydrogens is 458 g/mol. The van der Waals surface area contributed by atoms with Crippen LogP contribution in [0.1, 0.15) is 50.7 Å². The zero-order chi connectivity index (χ0) is 26.2. The van der Waals surface area contributed by atoms with Crippen LogP contribution in [-0.4, -0.2) is 38.0 Å². The topological polar surface area (TPSA) is 98.8 Å². The fourth-order valence-electron chi connectivity index (χ4n) is 5.06. The predicted molar refractivity (Wildman–Crippen MR) is 137 cm³/mol. The Balaban J connectivity index is 1.89. The molecular formula is C28H33N3O5. The third kappa shape index (κ3) is 4.67. The first-order valence-electron chi connectivity index (χ1n) is 11.9. The molecule has 0 bridgehead atoms. The number of carbonyl (C=O) groups excluding carboxylic acids is 2. The van der Waals surface area contributed by atoms with Gasteiger partial charge in [0, 0.05) is 41.1 Å². The molecule has 8 nitrogen and oxygen atoms in total. The van der Waals surface area contributed by atoms with Crippen molar-refractivity contribution in [1.29, 1.82) is 0 Å². The van der Waals surface area contributed by atoms with Crippen LogP contribution in [0.15, 0.2) is 53.0 Å². The molecule has 8 heteroatoms. The summed E-state index contributed by atoms with van der Waals surface area (Å²) >= 11 is 0. The van der Waals surface area contributed by atoms with Gasteiger partial charge in [0.25, 0.3) is 5.91 Å². The number of anilines is 1. The number of nitrogens with zero attached hydrogens (tertiary/aromatic N) is 1. The second kappa shape index (κ2) is 9.68. The highest BCUT2D eigenvalue weighted by molar-refractivity contribution is 6.09. The van der Waals surface area contributed by atoms with Crippen LogP contribution >= 0.6 is 0 Å². The molecule has 2 heterocycles. The van der Waals surface area contributed by atoms with Crippen molar-refractivity contribution >= 4 is 17.5 Å². The highest BCUT2D eigenvalue weighted by Crippen LogP contribution is 2.49. The Morgan fingerprint density at radius 3 is 2.28 bits per heavy atom. The van der Waals surface area contributed by atoms with Gasteiger partial charge in [-0.2, -0.15) is 0 Å². The number of hydrogen-bond acceptors (Lipinski definition) is 7. The van der Waals surface area contributed by atoms with Crippen molar-refractivity contribution in [2.75, 3.05) is 26.6 Å². The quantitative estimate of drug-likeness (QED) is 0.606. The Hall–Kier alpha value is -3.81. The van der Waals surface area contributed by atoms with E-state index in [2.05, 4.69) is 29.5 Å². The number of aryl methyl sites for hydroxylation is 1. The van der Waals surface area contributed by atoms with Crippen LogP contribution in [0.5, 0.6) is 17.2 Å². The molecule has 0 spiro atoms. The van der Waals surface area contributed by atoms with E-state index in [1.807, 2.05) is 19.9 Å². The maximum atomic E-state index is 13.7. The van der Waals surface area contributed by atoms with Gasteiger partial charge in [-0.15, -0.1) is 0 Å². The minimum atomic E-state index is -0.621. The molecule has 2 aromatic rings. The van der Waals surface area contributed by atoms with Gasteiger partial charge in [0.05, 0.1) is 21.3 Å². The third-order valence-corrected chi connectivity index (χ3v) is 6.66. The number of methoxy groups -OCH3 is 3. The average Bonchev–Trinajstić information content (AvgIpc) is 2.82. The number of benzene rings is 1. The summed E-state index contributed by atoms with van der Waals surface area (Å²) < 4.78 is 16.7. The molecule has 36 heavy (non-hydrogen) atoms. The SMILES string of the molecule is COc1cc([C@@H]2C(C(=O)Nc3ccc(C)cn3)=C(C)NC3=C2C(=O)CC(C)(C)C3)cc(OC)c1OC. The molecule has 190 valence electrons. The van der Waals surface area contributed by atoms with E-state index in [9.17, 15) is 9.59 Å². The van der Waals surface area contributed by atoms with E-state index in [0.29, 0.717) is 58.3 Å². The summed E-state index contributed by atoms with van der Waals surface area (Å²) in [6.07, 6.45) is 2.78. The van der Waals surface area contributed by atoms with Gasteiger partial charge >= 0.3 is 0 Å². The highest BCUT2D eigenvalue weighted by Gasteiger charge is 2.43. The number of aromatic nitrogens is 1. The molecule has 0 saturated heterocycles. The summed E-state index contributed by atoms with van der Waals surface area (Å²) in [5.74, 6) is 0.841. The molecule has 2 N–H and O–H groups in total. The monoisotopic (exact) mass is 491 g/mol. The fourth-order valence-corrected chi connectivity index (χ4v) is 5.06. The van der Waals surface area contributed by atoms with E-state index in [1.54, 1.807) is 38.6 Å². The zero-order valence-electron chi connectivity index (χ0n) is 21.9. The van der Waals surface area contributed by atoms with Crippen LogP contribution in [0.3, 0.4) is 0 Å². The summed E-state index contributed by atoms with van der Waals surface area (Å²) in [6.45, 7) is 7.95. The van der Waals surface area contributed by atoms with E-state index in [0.717, 1.165) is 11.3 Å². The molecule has 0 radical (unpaired) electrons. The van der Waals surface area contributed by atoms with Crippen molar-refractivity contribution < 1.29 is 23.8 Å². The van der Waals surface area contributed by atoms with Gasteiger partial charge in [-0.3, -0.25) is 9.59 Å². The Kier molecular flexibility index (Phi) is 6.80. The number of carbonyl (C=O) groups is 2. The van der Waals surface area contributed by atoms with Gasteiger partial charge in [0.1, 0.15) is 5.82 Å². The molecule has 1 aliphatic carbocycles. The standard InChI is InChI=1S/C28H33N3O5/c1-15-8-9-22(29-14-15)31-27(33)23-16(2)30-18-12-28(3,4)13-19(32)25(18)24(23)17-10-20(34-5)26(36-7)21(11-17)35-6/h8-11,14,24,30H,12-13H2,1-7H3,(H,29,31,33)/t24-/m1/s1. The number of ketones is 1. The number of ether oxygens (including phenoxy) is 3. The van der Waals surface area contributed by atoms with Gasteiger partial charge < -0.3 is 24.8 Å². The minimum absolute atomic E-state index is 0.0127. The van der Waals surface area contributed by atoms with Crippen molar-refractivity contribution in [3.63, 3.8) is 0 Å². The van der Waals surface area contributed by atoms with Crippen LogP contribution in [0.2, 0.25) is 0 Å². The normalized spacial score (nSPS) is 18.9. The first kappa shape index (κ1) is 25.3. The molecule has 1 atom stereocenters. The number of Topliss-reactive ketones (excluding diaryl/α,β-unsaturated/α-hetero) is 1. The van der Waals surface area contributed by atoms with Crippen LogP contribution in [-0.2, 0) is 9.59 Å². The Bertz CT molecular complexity index is 1250. The number of pyridine rings is 1. The molecule has 0 unspecified atom stereocenters. The molecule has 1 aromatic carbocycles. The number of dihydropyridines is 1. The molecule has 4 rings (SSSR count). The number of rotatable bonds is 6. The van der Waals surface area contributed by atoms with Crippen molar-refractivity contribution in [3.05, 3.63) is 64.1 Å². The average molecular weight is 492 g/mol. The van der Waals surface area contributed by atoms with E-state index >= 15 is 0 Å². The fraction of sp³-hybridized carbons (Fsp3) is 0.393. The summed E-state index contributed by atoms with van der Waals surface area (Å²) in [4.78, 5) is 31.6. The van der Waals surface area contributed by atoms with Gasteiger partial charge in [0.2, 0.25) is 5.75 Å². The van der Waals surface area contributed by atoms with Crippen molar-refractivity contribution in [3.8, 4) is 17.2 Å². The van der Waals surface area contributed by atoms with Crippen LogP contribution in [0.25, 0.3) is 0 Å². The lowest BCUT2D eigenvalue weighted by Gasteiger charge is -2.39. The van der Waals surface area contributed by atoms with E-state index in [4.69, 9.17) is 14.2 Å². The van der Waals surface area contributed by atoms with Crippen molar-refractivity contribution in [2.45, 2.75) is 46.5 Å². The predicted octanol–water partition coefficient (Wildman–Crippen LogP) is 4.66. The third-order valence-electron chi connectivity index (χ3n) is 6.66. The van der Waals surface area contributed by atoms with Gasteiger partial charge in [-0.25, -0.2) is 4.98 Å². The number of amides is 1. The lowest BCUT2D eigenvalue weighted by Crippen LogP contribution is -2.39. The summed E-state index contributed by atoms with van der Waals surface area (Å²) in [6, 6.07) is 7.25. The first-order chi connectivity index (χ1) is 17.1. The molecule has 1 amide bonds. The van der Waals surface area contributed by atoms with Crippen molar-refractivity contribution in [1.82, 2.24) is 10.3 Å². The largest absolute Gasteiger partial charge is 0.493 e. The number of hydrogen-bond donors (Lipinski definition) is 2. The van der Waals surface area contributed by atoms with Gasteiger partial charge in [-0.05, 0) is 55.0 Å². The Morgan fingerprint density at radius 1 is 1.06 bits per heavy atom. The summed E-state index contributed by atoms with van der Waals surface area (Å²) in [5, 5.41) is 6.29. The molecule has 0 fully saturated rings. The molecule has 1 aromatic heterocycles. The first-order valence-corrected chi connectivity index (χ1v) is 11.9. The van der Waals surface area contributed by atoms with E-state index in [-0.39, 0.29) is 17.1 Å². The summed E-state index contributed by atoms with van der Waals surface area (Å²) in [7, 11) is 4.62. The lowest BCUT2D eigenvalue weighted by molar-refractivity contribution is -0.118. The van der Waals surface area contributed by atoms with E-state index < -0.39 is 5.92 Å². The van der Waals surface area contributed by atoms with E-state index in [1.165, 1.54) is 7.11 Å². The molecule has 2 aliphatic rings. The van der Waals surface area contributed by atoms with Crippen LogP contribution in [0.4, 0.5) is 5.82 Å². The second-order valence-corrected chi connectivity index (χ2v) is 10.1. The second-order valence-electron chi connectivity index (χ2n) is 10.1. The Morgan fingerprint density at radius 2 is 1.72 bits per heavy atom. The smallest absolute Gasteiger partial charge is 0.255 e. The maximum absolute atomic E-state index is 13.7. The van der Waals surface area contributed by atoms with Gasteiger partial charge in [0.15, 0.2) is 17.3 Å². The Labute approximate surface area is 211 Å². The van der Waals surface area contributed by atoms with Crippen LogP contribution < -0.4 is 24.8 Å².